The minimum Gasteiger partial charge on any atom is -0.468 e. The van der Waals surface area contributed by atoms with Crippen LogP contribution in [0.25, 0.3) is 0 Å². The summed E-state index contributed by atoms with van der Waals surface area (Å²) < 4.78 is 37.7. The average Bonchev–Trinajstić information content (AvgIpc) is 3.26. The van der Waals surface area contributed by atoms with Gasteiger partial charge in [-0.2, -0.15) is 0 Å². The maximum absolute atomic E-state index is 14.3. The molecule has 1 aliphatic heterocycles. The van der Waals surface area contributed by atoms with E-state index < -0.39 is 76.8 Å². The van der Waals surface area contributed by atoms with Crippen LogP contribution in [0.4, 0.5) is 4.79 Å². The highest BCUT2D eigenvalue weighted by molar-refractivity contribution is 6.74. The molecule has 1 saturated heterocycles. The fraction of sp³-hybridized carbons (Fsp3) is 0.727. The molecule has 1 aliphatic carbocycles. The number of amides is 2. The maximum Gasteiger partial charge on any atom is 0.407 e. The fourth-order valence-corrected chi connectivity index (χ4v) is 7.81. The van der Waals surface area contributed by atoms with E-state index in [0.717, 1.165) is 5.56 Å². The molecule has 2 aliphatic rings. The Morgan fingerprint density at radius 1 is 0.848 bits per heavy atom. The minimum atomic E-state index is -2.58. The summed E-state index contributed by atoms with van der Waals surface area (Å²) in [6, 6.07) is 8.38. The zero-order valence-corrected chi connectivity index (χ0v) is 31.9. The third-order valence-electron chi connectivity index (χ3n) is 9.81. The second-order valence-corrected chi connectivity index (χ2v) is 25.3. The molecule has 0 radical (unpaired) electrons. The molecule has 1 aromatic carbocycles. The third kappa shape index (κ3) is 8.98. The van der Waals surface area contributed by atoms with Gasteiger partial charge < -0.3 is 38.4 Å². The molecule has 0 bridgehead atoms. The summed E-state index contributed by atoms with van der Waals surface area (Å²) in [5.41, 5.74) is 0.815. The van der Waals surface area contributed by atoms with E-state index >= 15 is 0 Å². The highest BCUT2D eigenvalue weighted by atomic mass is 28.4. The highest BCUT2D eigenvalue weighted by Gasteiger charge is 2.63. The first kappa shape index (κ1) is 38.2. The summed E-state index contributed by atoms with van der Waals surface area (Å²) in [7, 11) is -3.82. The van der Waals surface area contributed by atoms with Gasteiger partial charge in [0.15, 0.2) is 22.4 Å². The van der Waals surface area contributed by atoms with Crippen molar-refractivity contribution in [1.82, 2.24) is 10.6 Å². The highest BCUT2D eigenvalue weighted by Crippen LogP contribution is 2.48. The Balaban J connectivity index is 2.15. The van der Waals surface area contributed by atoms with E-state index in [1.54, 1.807) is 13.8 Å². The van der Waals surface area contributed by atoms with Crippen molar-refractivity contribution in [1.29, 1.82) is 0 Å². The smallest absolute Gasteiger partial charge is 0.407 e. The van der Waals surface area contributed by atoms with Crippen molar-refractivity contribution in [2.24, 2.45) is 5.92 Å². The zero-order chi connectivity index (χ0) is 34.9. The monoisotopic (exact) mass is 680 g/mol. The van der Waals surface area contributed by atoms with Crippen LogP contribution >= 0.6 is 0 Å². The van der Waals surface area contributed by atoms with Gasteiger partial charge in [0.25, 0.3) is 0 Å². The molecular weight excluding hydrogens is 625 g/mol. The van der Waals surface area contributed by atoms with Crippen LogP contribution < -0.4 is 10.6 Å². The van der Waals surface area contributed by atoms with Crippen molar-refractivity contribution in [2.45, 2.75) is 135 Å². The van der Waals surface area contributed by atoms with E-state index in [0.29, 0.717) is 0 Å². The SMILES string of the molecule is COC(=O)CNC(=O)[C@@H]1[C@@H](NC(=O)OCc2ccccc2)[C@@H]2OC(C)(C)O[C@@H]2[C@@H](O[Si](C)(C)C(C)(C)C)[C@@H]1O[Si](C)(C)C(C)(C)C. The van der Waals surface area contributed by atoms with Crippen LogP contribution in [0.5, 0.6) is 0 Å². The number of carbonyl (C=O) groups is 3. The molecule has 1 aromatic rings. The quantitative estimate of drug-likeness (QED) is 0.243. The molecule has 11 nitrogen and oxygen atoms in total. The Morgan fingerprint density at radius 3 is 1.89 bits per heavy atom. The lowest BCUT2D eigenvalue weighted by Gasteiger charge is -2.53. The van der Waals surface area contributed by atoms with Gasteiger partial charge in [0.2, 0.25) is 5.91 Å². The van der Waals surface area contributed by atoms with E-state index in [1.165, 1.54) is 7.11 Å². The summed E-state index contributed by atoms with van der Waals surface area (Å²) in [6.07, 6.45) is -3.76. The van der Waals surface area contributed by atoms with E-state index in [1.807, 2.05) is 30.3 Å². The van der Waals surface area contributed by atoms with E-state index in [-0.39, 0.29) is 23.2 Å². The van der Waals surface area contributed by atoms with E-state index in [2.05, 4.69) is 78.4 Å². The maximum atomic E-state index is 14.3. The number of benzene rings is 1. The van der Waals surface area contributed by atoms with Gasteiger partial charge in [-0.25, -0.2) is 4.79 Å². The Hall–Kier alpha value is -2.30. The van der Waals surface area contributed by atoms with Crippen LogP contribution in [0.1, 0.15) is 61.0 Å². The molecule has 2 fully saturated rings. The topological polar surface area (TPSA) is 131 Å². The third-order valence-corrected chi connectivity index (χ3v) is 18.8. The summed E-state index contributed by atoms with van der Waals surface area (Å²) in [5.74, 6) is -3.18. The lowest BCUT2D eigenvalue weighted by Crippen LogP contribution is -2.71. The molecule has 260 valence electrons. The first-order chi connectivity index (χ1) is 21.0. The first-order valence-electron chi connectivity index (χ1n) is 16.0. The van der Waals surface area contributed by atoms with Crippen molar-refractivity contribution in [3.8, 4) is 0 Å². The van der Waals surface area contributed by atoms with Gasteiger partial charge in [0.05, 0.1) is 31.3 Å². The van der Waals surface area contributed by atoms with Crippen molar-refractivity contribution < 1.29 is 42.2 Å². The minimum absolute atomic E-state index is 0.0382. The van der Waals surface area contributed by atoms with Crippen LogP contribution in [-0.4, -0.2) is 84.5 Å². The fourth-order valence-electron chi connectivity index (χ4n) is 5.19. The molecule has 0 aromatic heterocycles. The number of ether oxygens (including phenoxy) is 4. The predicted molar refractivity (Wildman–Crippen MR) is 180 cm³/mol. The number of fused-ring (bicyclic) bond motifs is 1. The van der Waals surface area contributed by atoms with Gasteiger partial charge in [0, 0.05) is 0 Å². The molecule has 46 heavy (non-hydrogen) atoms. The predicted octanol–water partition coefficient (Wildman–Crippen LogP) is 5.50. The van der Waals surface area contributed by atoms with Crippen LogP contribution in [0.3, 0.4) is 0 Å². The number of carbonyl (C=O) groups excluding carboxylic acids is 3. The summed E-state index contributed by atoms with van der Waals surface area (Å²) in [5, 5.41) is 5.28. The molecule has 2 N–H and O–H groups in total. The number of hydrogen-bond acceptors (Lipinski definition) is 9. The molecular formula is C33H56N2O9Si2. The van der Waals surface area contributed by atoms with Crippen molar-refractivity contribution in [3.05, 3.63) is 35.9 Å². The first-order valence-corrected chi connectivity index (χ1v) is 21.8. The van der Waals surface area contributed by atoms with Crippen molar-refractivity contribution in [2.75, 3.05) is 13.7 Å². The molecule has 2 amide bonds. The molecule has 1 saturated carbocycles. The lowest BCUT2D eigenvalue weighted by atomic mass is 9.76. The van der Waals surface area contributed by atoms with E-state index in [4.69, 9.17) is 27.8 Å². The van der Waals surface area contributed by atoms with Crippen LogP contribution in [0.2, 0.25) is 36.3 Å². The molecule has 1 heterocycles. The molecule has 3 rings (SSSR count). The Morgan fingerprint density at radius 2 is 1.37 bits per heavy atom. The standard InChI is InChI=1S/C33H56N2O9Si2/c1-31(2,3)45(10,11)43-25-23(29(37)34-19-22(36)39-9)24(35-30(38)40-20-21-17-15-14-16-18-21)26-27(42-33(7,8)41-26)28(25)44-46(12,13)32(4,5)6/h14-18,23-28H,19-20H2,1-13H3,(H,34,37)(H,35,38)/t23-,24-,25-,26+,27+,28+/m1/s1. The number of alkyl carbamates (subject to hydrolysis) is 1. The lowest BCUT2D eigenvalue weighted by molar-refractivity contribution is -0.160. The van der Waals surface area contributed by atoms with Gasteiger partial charge in [-0.3, -0.25) is 9.59 Å². The van der Waals surface area contributed by atoms with Gasteiger partial charge in [0.1, 0.15) is 25.4 Å². The normalized spacial score (nSPS) is 26.5. The van der Waals surface area contributed by atoms with Gasteiger partial charge in [-0.05, 0) is 55.7 Å². The van der Waals surface area contributed by atoms with E-state index in [9.17, 15) is 14.4 Å². The average molecular weight is 681 g/mol. The number of esters is 1. The largest absolute Gasteiger partial charge is 0.468 e. The molecule has 0 spiro atoms. The second kappa shape index (κ2) is 14.1. The molecule has 0 unspecified atom stereocenters. The zero-order valence-electron chi connectivity index (χ0n) is 29.9. The second-order valence-electron chi connectivity index (χ2n) is 15.8. The number of methoxy groups -OCH3 is 1. The Labute approximate surface area is 277 Å². The van der Waals surface area contributed by atoms with Gasteiger partial charge in [-0.15, -0.1) is 0 Å². The van der Waals surface area contributed by atoms with Gasteiger partial charge >= 0.3 is 12.1 Å². The summed E-state index contributed by atoms with van der Waals surface area (Å²) in [6.45, 7) is 24.6. The Kier molecular flexibility index (Phi) is 11.7. The number of nitrogens with one attached hydrogen (secondary N) is 2. The molecule has 13 heteroatoms. The van der Waals surface area contributed by atoms with Gasteiger partial charge in [-0.1, -0.05) is 71.9 Å². The number of rotatable bonds is 10. The van der Waals surface area contributed by atoms with Crippen LogP contribution in [0, 0.1) is 5.92 Å². The summed E-state index contributed by atoms with van der Waals surface area (Å²) in [4.78, 5) is 39.8. The number of hydrogen-bond donors (Lipinski definition) is 2. The van der Waals surface area contributed by atoms with Crippen molar-refractivity contribution in [3.63, 3.8) is 0 Å². The van der Waals surface area contributed by atoms with Crippen LogP contribution in [-0.2, 0) is 44.0 Å². The molecule has 6 atom stereocenters. The Bertz CT molecular complexity index is 1230. The summed E-state index contributed by atoms with van der Waals surface area (Å²) >= 11 is 0. The van der Waals surface area contributed by atoms with Crippen LogP contribution in [0.15, 0.2) is 30.3 Å². The van der Waals surface area contributed by atoms with Crippen molar-refractivity contribution >= 4 is 34.6 Å².